The number of carbonyl (C=O) groups excluding carboxylic acids is 3. The number of nitrogens with two attached hydrogens (primary N) is 2. The highest BCUT2D eigenvalue weighted by Crippen LogP contribution is 2.28. The van der Waals surface area contributed by atoms with Gasteiger partial charge < -0.3 is 26.3 Å². The number of hydrogen-bond donors (Lipinski definition) is 3. The lowest BCUT2D eigenvalue weighted by atomic mass is 10.1. The molecule has 0 saturated heterocycles. The largest absolute Gasteiger partial charge is 0.466 e. The van der Waals surface area contributed by atoms with Gasteiger partial charge in [0.2, 0.25) is 0 Å². The van der Waals surface area contributed by atoms with E-state index in [9.17, 15) is 14.4 Å². The van der Waals surface area contributed by atoms with Crippen LogP contribution >= 0.6 is 0 Å². The second kappa shape index (κ2) is 19.3. The van der Waals surface area contributed by atoms with Gasteiger partial charge in [-0.1, -0.05) is 38.8 Å². The Kier molecular flexibility index (Phi) is 14.9. The number of esters is 1. The molecule has 0 spiro atoms. The van der Waals surface area contributed by atoms with Crippen LogP contribution in [-0.2, 0) is 19.1 Å². The van der Waals surface area contributed by atoms with E-state index in [4.69, 9.17) is 25.8 Å². The zero-order chi connectivity index (χ0) is 34.9. The van der Waals surface area contributed by atoms with Gasteiger partial charge in [-0.2, -0.15) is 4.99 Å². The number of amidine groups is 1. The number of anilines is 4. The molecule has 3 rings (SSSR count). The van der Waals surface area contributed by atoms with E-state index in [0.29, 0.717) is 34.9 Å². The molecule has 0 bridgehead atoms. The molecular weight excluding hydrogens is 614 g/mol. The van der Waals surface area contributed by atoms with Crippen LogP contribution in [0.3, 0.4) is 0 Å². The summed E-state index contributed by atoms with van der Waals surface area (Å²) in [4.78, 5) is 52.7. The minimum atomic E-state index is -0.710. The molecule has 3 aromatic rings. The molecular formula is C35H45N7O6. The quantitative estimate of drug-likeness (QED) is 0.0383. The summed E-state index contributed by atoms with van der Waals surface area (Å²) >= 11 is 0. The van der Waals surface area contributed by atoms with Crippen LogP contribution in [0, 0.1) is 0 Å². The zero-order valence-corrected chi connectivity index (χ0v) is 27.8. The highest BCUT2D eigenvalue weighted by atomic mass is 16.7. The van der Waals surface area contributed by atoms with Crippen LogP contribution in [0.25, 0.3) is 0 Å². The van der Waals surface area contributed by atoms with Crippen molar-refractivity contribution in [1.29, 1.82) is 0 Å². The molecule has 1 heterocycles. The summed E-state index contributed by atoms with van der Waals surface area (Å²) in [5.74, 6) is -0.335. The molecule has 48 heavy (non-hydrogen) atoms. The van der Waals surface area contributed by atoms with Crippen molar-refractivity contribution in [2.24, 2.45) is 10.7 Å². The van der Waals surface area contributed by atoms with E-state index in [1.807, 2.05) is 0 Å². The van der Waals surface area contributed by atoms with Crippen LogP contribution in [0.15, 0.2) is 84.1 Å². The molecule has 0 unspecified atom stereocenters. The van der Waals surface area contributed by atoms with Gasteiger partial charge in [-0.15, -0.1) is 0 Å². The first-order valence-electron chi connectivity index (χ1n) is 15.8. The zero-order valence-electron chi connectivity index (χ0n) is 27.8. The average molecular weight is 660 g/mol. The summed E-state index contributed by atoms with van der Waals surface area (Å²) in [5.41, 5.74) is 15.3. The highest BCUT2D eigenvalue weighted by molar-refractivity contribution is 6.07. The summed E-state index contributed by atoms with van der Waals surface area (Å²) in [5, 5.41) is 4.71. The first-order valence-corrected chi connectivity index (χ1v) is 15.8. The highest BCUT2D eigenvalue weighted by Gasteiger charge is 2.22. The lowest BCUT2D eigenvalue weighted by Gasteiger charge is -2.26. The van der Waals surface area contributed by atoms with Crippen molar-refractivity contribution < 1.29 is 28.7 Å². The minimum absolute atomic E-state index is 0.00554. The van der Waals surface area contributed by atoms with Crippen LogP contribution in [0.2, 0.25) is 0 Å². The Bertz CT molecular complexity index is 1550. The molecule has 1 aromatic heterocycles. The number of amides is 2. The lowest BCUT2D eigenvalue weighted by Crippen LogP contribution is -2.34. The van der Waals surface area contributed by atoms with Gasteiger partial charge in [0.1, 0.15) is 11.7 Å². The number of rotatable bonds is 18. The maximum Gasteiger partial charge on any atom is 0.435 e. The second-order valence-electron chi connectivity index (χ2n) is 10.6. The van der Waals surface area contributed by atoms with Gasteiger partial charge in [-0.05, 0) is 67.9 Å². The molecule has 0 atom stereocenters. The van der Waals surface area contributed by atoms with Crippen LogP contribution in [0.4, 0.5) is 27.7 Å². The molecule has 0 saturated carbocycles. The Labute approximate surface area is 281 Å². The predicted molar refractivity (Wildman–Crippen MR) is 188 cm³/mol. The number of nitrogens with zero attached hydrogens (tertiary/aromatic N) is 4. The number of aliphatic imine (C=N–C) groups is 1. The molecule has 13 nitrogen and oxygen atoms in total. The van der Waals surface area contributed by atoms with Crippen molar-refractivity contribution >= 4 is 46.7 Å². The Morgan fingerprint density at radius 1 is 0.979 bits per heavy atom. The molecule has 5 N–H and O–H groups in total. The standard InChI is InChI=1S/C35H45N7O6/c1-5-7-8-11-22-48-35(45)40-33(37)26-13-16-28(17-14-26)39-24-25(3)42(46-4)30-18-15-27(23-29(30)36)34(44)41(21-19-32(43)47-6-2)31-12-9-10-20-38-31/h9-10,12-18,20,23,39H,3,5-8,11,19,21-22,24,36H2,1-2,4H3,(H2,37,40,45). The topological polar surface area (TPSA) is 175 Å². The van der Waals surface area contributed by atoms with Crippen molar-refractivity contribution in [2.45, 2.75) is 46.0 Å². The number of nitrogen functional groups attached to an aromatic ring is 1. The normalized spacial score (nSPS) is 11.0. The van der Waals surface area contributed by atoms with E-state index in [-0.39, 0.29) is 43.5 Å². The van der Waals surface area contributed by atoms with E-state index in [2.05, 4.69) is 28.8 Å². The van der Waals surface area contributed by atoms with Gasteiger partial charge in [-0.3, -0.25) is 19.3 Å². The minimum Gasteiger partial charge on any atom is -0.466 e. The summed E-state index contributed by atoms with van der Waals surface area (Å²) in [6.07, 6.45) is 4.86. The van der Waals surface area contributed by atoms with Crippen LogP contribution in [-0.4, -0.2) is 62.2 Å². The van der Waals surface area contributed by atoms with E-state index >= 15 is 0 Å². The molecule has 13 heteroatoms. The number of aromatic nitrogens is 1. The molecule has 0 aliphatic rings. The van der Waals surface area contributed by atoms with E-state index in [1.165, 1.54) is 23.1 Å². The third-order valence-corrected chi connectivity index (χ3v) is 7.09. The van der Waals surface area contributed by atoms with Gasteiger partial charge in [0.15, 0.2) is 0 Å². The van der Waals surface area contributed by atoms with Crippen molar-refractivity contribution in [2.75, 3.05) is 54.4 Å². The molecule has 0 aliphatic heterocycles. The van der Waals surface area contributed by atoms with E-state index in [0.717, 1.165) is 31.4 Å². The van der Waals surface area contributed by atoms with Crippen LogP contribution < -0.4 is 26.7 Å². The smallest absolute Gasteiger partial charge is 0.435 e. The number of benzene rings is 2. The number of ether oxygens (including phenoxy) is 2. The third-order valence-electron chi connectivity index (χ3n) is 7.09. The number of unbranched alkanes of at least 4 members (excludes halogenated alkanes) is 3. The summed E-state index contributed by atoms with van der Waals surface area (Å²) in [6, 6.07) is 17.1. The number of carbonyl (C=O) groups is 3. The SMILES string of the molecule is C=C(CNc1ccc(/C(N)=N\C(=O)OCCCCCC)cc1)N(OC)c1ccc(C(=O)N(CCC(=O)OCC)c2ccccn2)cc1N. The maximum absolute atomic E-state index is 13.6. The average Bonchev–Trinajstić information content (AvgIpc) is 3.09. The van der Waals surface area contributed by atoms with Crippen molar-refractivity contribution in [1.82, 2.24) is 4.98 Å². The van der Waals surface area contributed by atoms with Gasteiger partial charge in [0, 0.05) is 29.6 Å². The fraction of sp³-hybridized carbons (Fsp3) is 0.343. The Morgan fingerprint density at radius 3 is 2.38 bits per heavy atom. The Balaban J connectivity index is 1.63. The fourth-order valence-corrected chi connectivity index (χ4v) is 4.61. The van der Waals surface area contributed by atoms with Crippen molar-refractivity contribution in [3.63, 3.8) is 0 Å². The van der Waals surface area contributed by atoms with E-state index in [1.54, 1.807) is 67.7 Å². The molecule has 256 valence electrons. The Morgan fingerprint density at radius 2 is 1.73 bits per heavy atom. The number of pyridine rings is 1. The lowest BCUT2D eigenvalue weighted by molar-refractivity contribution is -0.142. The maximum atomic E-state index is 13.6. The first kappa shape index (κ1) is 37.0. The van der Waals surface area contributed by atoms with Gasteiger partial charge in [0.05, 0.1) is 50.4 Å². The number of hydrogen-bond acceptors (Lipinski definition) is 10. The van der Waals surface area contributed by atoms with Gasteiger partial charge in [0.25, 0.3) is 5.91 Å². The molecule has 2 aromatic carbocycles. The van der Waals surface area contributed by atoms with Crippen LogP contribution in [0.5, 0.6) is 0 Å². The van der Waals surface area contributed by atoms with Crippen molar-refractivity contribution in [3.8, 4) is 0 Å². The Hall–Kier alpha value is -5.43. The molecule has 2 amide bonds. The van der Waals surface area contributed by atoms with Gasteiger partial charge >= 0.3 is 12.1 Å². The summed E-state index contributed by atoms with van der Waals surface area (Å²) in [7, 11) is 1.48. The van der Waals surface area contributed by atoms with Crippen LogP contribution in [0.1, 0.15) is 61.9 Å². The first-order chi connectivity index (χ1) is 23.2. The number of nitrogens with one attached hydrogen (secondary N) is 1. The predicted octanol–water partition coefficient (Wildman–Crippen LogP) is 5.68. The van der Waals surface area contributed by atoms with E-state index < -0.39 is 12.1 Å². The monoisotopic (exact) mass is 659 g/mol. The van der Waals surface area contributed by atoms with Gasteiger partial charge in [-0.25, -0.2) is 14.8 Å². The molecule has 0 fully saturated rings. The summed E-state index contributed by atoms with van der Waals surface area (Å²) < 4.78 is 10.2. The fourth-order valence-electron chi connectivity index (χ4n) is 4.61. The third kappa shape index (κ3) is 11.1. The molecule has 0 aliphatic carbocycles. The molecule has 0 radical (unpaired) electrons. The summed E-state index contributed by atoms with van der Waals surface area (Å²) in [6.45, 7) is 8.89. The second-order valence-corrected chi connectivity index (χ2v) is 10.6. The van der Waals surface area contributed by atoms with Crippen molar-refractivity contribution in [3.05, 3.63) is 90.3 Å². The number of hydroxylamine groups is 1.